The van der Waals surface area contributed by atoms with E-state index in [9.17, 15) is 4.79 Å². The quantitative estimate of drug-likeness (QED) is 0.784. The van der Waals surface area contributed by atoms with Crippen LogP contribution in [-0.4, -0.2) is 54.8 Å². The van der Waals surface area contributed by atoms with Gasteiger partial charge in [-0.3, -0.25) is 4.90 Å². The van der Waals surface area contributed by atoms with Crippen LogP contribution in [0.2, 0.25) is 0 Å². The zero-order valence-electron chi connectivity index (χ0n) is 13.2. The minimum absolute atomic E-state index is 0.158. The Hall–Kier alpha value is -2.31. The van der Waals surface area contributed by atoms with Crippen molar-refractivity contribution in [3.63, 3.8) is 0 Å². The minimum Gasteiger partial charge on any atom is -0.337 e. The second-order valence-corrected chi connectivity index (χ2v) is 5.61. The first kappa shape index (κ1) is 15.6. The summed E-state index contributed by atoms with van der Waals surface area (Å²) in [7, 11) is 0. The number of benzene rings is 1. The van der Waals surface area contributed by atoms with E-state index in [-0.39, 0.29) is 6.03 Å². The fraction of sp³-hybridized carbons (Fsp3) is 0.353. The van der Waals surface area contributed by atoms with Crippen molar-refractivity contribution in [3.8, 4) is 5.69 Å². The third-order valence-corrected chi connectivity index (χ3v) is 3.95. The van der Waals surface area contributed by atoms with Crippen LogP contribution < -0.4 is 16.0 Å². The first-order valence-corrected chi connectivity index (χ1v) is 8.02. The van der Waals surface area contributed by atoms with E-state index < -0.39 is 0 Å². The number of aromatic nitrogens is 1. The lowest BCUT2D eigenvalue weighted by Gasteiger charge is -2.27. The lowest BCUT2D eigenvalue weighted by Crippen LogP contribution is -2.46. The number of hydrogen-bond donors (Lipinski definition) is 3. The molecule has 1 aromatic heterocycles. The number of nitrogens with zero attached hydrogens (tertiary/aromatic N) is 2. The molecule has 1 saturated heterocycles. The number of nitrogens with one attached hydrogen (secondary N) is 3. The Balaban J connectivity index is 1.42. The second-order valence-electron chi connectivity index (χ2n) is 5.61. The van der Waals surface area contributed by atoms with Crippen LogP contribution in [0.25, 0.3) is 5.69 Å². The first-order valence-electron chi connectivity index (χ1n) is 8.02. The van der Waals surface area contributed by atoms with Gasteiger partial charge in [0.05, 0.1) is 0 Å². The zero-order chi connectivity index (χ0) is 15.9. The van der Waals surface area contributed by atoms with Crippen molar-refractivity contribution in [2.24, 2.45) is 0 Å². The molecule has 0 radical (unpaired) electrons. The Morgan fingerprint density at radius 2 is 1.78 bits per heavy atom. The summed E-state index contributed by atoms with van der Waals surface area (Å²) in [6, 6.07) is 11.6. The summed E-state index contributed by atoms with van der Waals surface area (Å²) in [5.41, 5.74) is 1.86. The number of piperazine rings is 1. The normalized spacial score (nSPS) is 15.3. The van der Waals surface area contributed by atoms with Crippen LogP contribution >= 0.6 is 0 Å². The monoisotopic (exact) mass is 313 g/mol. The molecule has 0 spiro atoms. The minimum atomic E-state index is -0.158. The predicted molar refractivity (Wildman–Crippen MR) is 92.1 cm³/mol. The molecule has 1 fully saturated rings. The molecule has 0 saturated carbocycles. The molecule has 2 amide bonds. The van der Waals surface area contributed by atoms with E-state index in [1.807, 2.05) is 53.4 Å². The van der Waals surface area contributed by atoms with Gasteiger partial charge in [-0.2, -0.15) is 0 Å². The Labute approximate surface area is 136 Å². The smallest absolute Gasteiger partial charge is 0.319 e. The van der Waals surface area contributed by atoms with Crippen LogP contribution in [0.3, 0.4) is 0 Å². The molecule has 0 atom stereocenters. The summed E-state index contributed by atoms with van der Waals surface area (Å²) in [4.78, 5) is 14.3. The van der Waals surface area contributed by atoms with Gasteiger partial charge in [0.25, 0.3) is 0 Å². The van der Waals surface area contributed by atoms with Crippen molar-refractivity contribution in [1.29, 1.82) is 0 Å². The van der Waals surface area contributed by atoms with E-state index in [0.29, 0.717) is 6.54 Å². The fourth-order valence-corrected chi connectivity index (χ4v) is 2.66. The number of urea groups is 1. The molecule has 3 rings (SSSR count). The van der Waals surface area contributed by atoms with Crippen LogP contribution in [0, 0.1) is 0 Å². The average molecular weight is 313 g/mol. The number of anilines is 1. The zero-order valence-corrected chi connectivity index (χ0v) is 13.2. The van der Waals surface area contributed by atoms with E-state index in [1.165, 1.54) is 0 Å². The molecule has 3 N–H and O–H groups in total. The highest BCUT2D eigenvalue weighted by Gasteiger charge is 2.09. The Morgan fingerprint density at radius 1 is 1.09 bits per heavy atom. The number of amides is 2. The molecule has 6 nitrogen and oxygen atoms in total. The predicted octanol–water partition coefficient (Wildman–Crippen LogP) is 1.50. The van der Waals surface area contributed by atoms with Crippen molar-refractivity contribution in [3.05, 3.63) is 48.8 Å². The van der Waals surface area contributed by atoms with Gasteiger partial charge in [0.15, 0.2) is 0 Å². The molecular weight excluding hydrogens is 290 g/mol. The SMILES string of the molecule is O=C(NCCN1CCNCC1)Nc1ccc(-n2cccc2)cc1. The van der Waals surface area contributed by atoms with Gasteiger partial charge in [-0.05, 0) is 36.4 Å². The molecule has 0 aliphatic carbocycles. The molecule has 0 unspecified atom stereocenters. The molecule has 2 heterocycles. The van der Waals surface area contributed by atoms with Crippen LogP contribution in [0.15, 0.2) is 48.8 Å². The molecule has 23 heavy (non-hydrogen) atoms. The van der Waals surface area contributed by atoms with Crippen LogP contribution in [-0.2, 0) is 0 Å². The van der Waals surface area contributed by atoms with Crippen LogP contribution in [0.4, 0.5) is 10.5 Å². The lowest BCUT2D eigenvalue weighted by molar-refractivity contribution is 0.233. The van der Waals surface area contributed by atoms with Crippen LogP contribution in [0.5, 0.6) is 0 Å². The largest absolute Gasteiger partial charge is 0.337 e. The summed E-state index contributed by atoms with van der Waals surface area (Å²) in [5, 5.41) is 9.08. The summed E-state index contributed by atoms with van der Waals surface area (Å²) in [5.74, 6) is 0. The van der Waals surface area contributed by atoms with E-state index in [2.05, 4.69) is 20.9 Å². The number of rotatable bonds is 5. The standard InChI is InChI=1S/C17H23N5O/c23-17(19-9-14-21-12-7-18-8-13-21)20-15-3-5-16(6-4-15)22-10-1-2-11-22/h1-6,10-11,18H,7-9,12-14H2,(H2,19,20,23). The Bertz CT molecular complexity index is 602. The summed E-state index contributed by atoms with van der Waals surface area (Å²) >= 11 is 0. The van der Waals surface area contributed by atoms with Gasteiger partial charge in [0.1, 0.15) is 0 Å². The van der Waals surface area contributed by atoms with Gasteiger partial charge in [-0.25, -0.2) is 4.79 Å². The van der Waals surface area contributed by atoms with E-state index >= 15 is 0 Å². The van der Waals surface area contributed by atoms with Crippen LogP contribution in [0.1, 0.15) is 0 Å². The average Bonchev–Trinajstić information content (AvgIpc) is 3.11. The van der Waals surface area contributed by atoms with Gasteiger partial charge in [0.2, 0.25) is 0 Å². The maximum atomic E-state index is 11.9. The van der Waals surface area contributed by atoms with Gasteiger partial charge in [-0.1, -0.05) is 0 Å². The molecule has 122 valence electrons. The number of carbonyl (C=O) groups excluding carboxylic acids is 1. The number of hydrogen-bond acceptors (Lipinski definition) is 3. The first-order chi connectivity index (χ1) is 11.3. The Morgan fingerprint density at radius 3 is 2.48 bits per heavy atom. The molecule has 1 aliphatic rings. The maximum Gasteiger partial charge on any atom is 0.319 e. The summed E-state index contributed by atoms with van der Waals surface area (Å²) < 4.78 is 2.03. The highest BCUT2D eigenvalue weighted by atomic mass is 16.2. The van der Waals surface area contributed by atoms with E-state index in [4.69, 9.17) is 0 Å². The summed E-state index contributed by atoms with van der Waals surface area (Å²) in [6.45, 7) is 5.70. The van der Waals surface area contributed by atoms with Gasteiger partial charge >= 0.3 is 6.03 Å². The van der Waals surface area contributed by atoms with E-state index in [1.54, 1.807) is 0 Å². The van der Waals surface area contributed by atoms with Crippen molar-refractivity contribution in [2.75, 3.05) is 44.6 Å². The maximum absolute atomic E-state index is 11.9. The summed E-state index contributed by atoms with van der Waals surface area (Å²) in [6.07, 6.45) is 3.98. The van der Waals surface area contributed by atoms with E-state index in [0.717, 1.165) is 44.1 Å². The van der Waals surface area contributed by atoms with Gasteiger partial charge < -0.3 is 20.5 Å². The fourth-order valence-electron chi connectivity index (χ4n) is 2.66. The molecule has 1 aromatic carbocycles. The van der Waals surface area contributed by atoms with Gasteiger partial charge in [0, 0.05) is 63.0 Å². The lowest BCUT2D eigenvalue weighted by atomic mass is 10.3. The topological polar surface area (TPSA) is 61.3 Å². The molecule has 6 heteroatoms. The second kappa shape index (κ2) is 7.80. The number of carbonyl (C=O) groups is 1. The molecule has 0 bridgehead atoms. The van der Waals surface area contributed by atoms with Gasteiger partial charge in [-0.15, -0.1) is 0 Å². The molecular formula is C17H23N5O. The third-order valence-electron chi connectivity index (χ3n) is 3.95. The molecule has 1 aliphatic heterocycles. The van der Waals surface area contributed by atoms with Crippen molar-refractivity contribution >= 4 is 11.7 Å². The molecule has 2 aromatic rings. The van der Waals surface area contributed by atoms with Crippen molar-refractivity contribution in [2.45, 2.75) is 0 Å². The van der Waals surface area contributed by atoms with Crippen molar-refractivity contribution in [1.82, 2.24) is 20.1 Å². The highest BCUT2D eigenvalue weighted by molar-refractivity contribution is 5.89. The highest BCUT2D eigenvalue weighted by Crippen LogP contribution is 2.13. The van der Waals surface area contributed by atoms with Crippen molar-refractivity contribution < 1.29 is 4.79 Å². The third kappa shape index (κ3) is 4.58. The Kier molecular flexibility index (Phi) is 5.29.